The second-order valence-corrected chi connectivity index (χ2v) is 7.85. The summed E-state index contributed by atoms with van der Waals surface area (Å²) in [6.45, 7) is 6.29. The van der Waals surface area contributed by atoms with E-state index in [4.69, 9.17) is 0 Å². The van der Waals surface area contributed by atoms with Crippen LogP contribution in [0.1, 0.15) is 26.3 Å². The highest BCUT2D eigenvalue weighted by Gasteiger charge is 2.22. The number of fused-ring (bicyclic) bond motifs is 1. The number of H-pyrrole nitrogens is 1. The summed E-state index contributed by atoms with van der Waals surface area (Å²) in [6, 6.07) is 0. The Kier molecular flexibility index (Phi) is 3.30. The van der Waals surface area contributed by atoms with Gasteiger partial charge in [0.1, 0.15) is 10.5 Å². The van der Waals surface area contributed by atoms with Crippen LogP contribution in [0.4, 0.5) is 0 Å². The Labute approximate surface area is 132 Å². The summed E-state index contributed by atoms with van der Waals surface area (Å²) in [4.78, 5) is 20.6. The van der Waals surface area contributed by atoms with Crippen LogP contribution in [0.5, 0.6) is 0 Å². The molecule has 0 aromatic carbocycles. The molecule has 0 fully saturated rings. The first-order valence-corrected chi connectivity index (χ1v) is 8.51. The Morgan fingerprint density at radius 1 is 1.30 bits per heavy atom. The maximum Gasteiger partial charge on any atom is 0.260 e. The third-order valence-electron chi connectivity index (χ3n) is 3.00. The van der Waals surface area contributed by atoms with Gasteiger partial charge in [-0.3, -0.25) is 4.79 Å². The molecule has 0 aliphatic heterocycles. The summed E-state index contributed by atoms with van der Waals surface area (Å²) in [5.41, 5.74) is 1.54. The lowest BCUT2D eigenvalue weighted by Gasteiger charge is -2.16. The molecule has 0 aliphatic carbocycles. The Morgan fingerprint density at radius 3 is 2.65 bits per heavy atom. The van der Waals surface area contributed by atoms with Gasteiger partial charge in [-0.15, -0.1) is 11.3 Å². The molecule has 3 aromatic heterocycles. The average Bonchev–Trinajstić information content (AvgIpc) is 2.93. The van der Waals surface area contributed by atoms with Gasteiger partial charge >= 0.3 is 0 Å². The molecule has 0 aliphatic rings. The van der Waals surface area contributed by atoms with Gasteiger partial charge in [0.05, 0.1) is 9.86 Å². The SMILES string of the molecule is CC(C)(C)c1csc2nc(-c3nscc3Br)[nH]c(=O)c12. The average molecular weight is 370 g/mol. The van der Waals surface area contributed by atoms with Crippen LogP contribution < -0.4 is 5.56 Å². The maximum absolute atomic E-state index is 12.4. The van der Waals surface area contributed by atoms with E-state index >= 15 is 0 Å². The summed E-state index contributed by atoms with van der Waals surface area (Å²) in [7, 11) is 0. The maximum atomic E-state index is 12.4. The van der Waals surface area contributed by atoms with Gasteiger partial charge in [-0.05, 0) is 43.8 Å². The lowest BCUT2D eigenvalue weighted by molar-refractivity contribution is 0.597. The first-order chi connectivity index (χ1) is 9.38. The Bertz CT molecular complexity index is 841. The molecule has 0 bridgehead atoms. The van der Waals surface area contributed by atoms with Crippen molar-refractivity contribution >= 4 is 49.0 Å². The van der Waals surface area contributed by atoms with Crippen molar-refractivity contribution in [3.05, 3.63) is 31.2 Å². The van der Waals surface area contributed by atoms with Crippen molar-refractivity contribution in [1.29, 1.82) is 0 Å². The zero-order chi connectivity index (χ0) is 14.5. The predicted molar refractivity (Wildman–Crippen MR) is 87.7 cm³/mol. The van der Waals surface area contributed by atoms with Crippen LogP contribution in [-0.4, -0.2) is 14.3 Å². The molecule has 0 saturated heterocycles. The minimum absolute atomic E-state index is 0.0737. The van der Waals surface area contributed by atoms with Crippen LogP contribution in [0.3, 0.4) is 0 Å². The lowest BCUT2D eigenvalue weighted by Crippen LogP contribution is -2.16. The van der Waals surface area contributed by atoms with Crippen molar-refractivity contribution in [2.24, 2.45) is 0 Å². The lowest BCUT2D eigenvalue weighted by atomic mass is 9.87. The smallest absolute Gasteiger partial charge is 0.260 e. The van der Waals surface area contributed by atoms with Crippen molar-refractivity contribution in [1.82, 2.24) is 14.3 Å². The van der Waals surface area contributed by atoms with Gasteiger partial charge in [-0.25, -0.2) is 4.98 Å². The fourth-order valence-electron chi connectivity index (χ4n) is 1.99. The van der Waals surface area contributed by atoms with Gasteiger partial charge in [-0.2, -0.15) is 4.37 Å². The summed E-state index contributed by atoms with van der Waals surface area (Å²) in [5, 5.41) is 4.58. The molecule has 3 heterocycles. The molecular formula is C13H12BrN3OS2. The van der Waals surface area contributed by atoms with Crippen molar-refractivity contribution in [3.63, 3.8) is 0 Å². The first-order valence-electron chi connectivity index (χ1n) is 6.00. The molecule has 0 atom stereocenters. The van der Waals surface area contributed by atoms with Crippen LogP contribution >= 0.6 is 38.8 Å². The zero-order valence-corrected chi connectivity index (χ0v) is 14.4. The fraction of sp³-hybridized carbons (Fsp3) is 0.308. The van der Waals surface area contributed by atoms with Crippen molar-refractivity contribution in [2.45, 2.75) is 26.2 Å². The number of aromatic amines is 1. The van der Waals surface area contributed by atoms with Gasteiger partial charge in [0.2, 0.25) is 0 Å². The second-order valence-electron chi connectivity index (χ2n) is 5.51. The highest BCUT2D eigenvalue weighted by molar-refractivity contribution is 9.10. The fourth-order valence-corrected chi connectivity index (χ4v) is 4.35. The van der Waals surface area contributed by atoms with Crippen LogP contribution in [0.2, 0.25) is 0 Å². The van der Waals surface area contributed by atoms with E-state index in [2.05, 4.69) is 51.0 Å². The van der Waals surface area contributed by atoms with Crippen LogP contribution in [0.15, 0.2) is 20.0 Å². The number of nitrogens with one attached hydrogen (secondary N) is 1. The molecule has 0 spiro atoms. The van der Waals surface area contributed by atoms with Gasteiger partial charge in [0.25, 0.3) is 5.56 Å². The van der Waals surface area contributed by atoms with Crippen molar-refractivity contribution in [2.75, 3.05) is 0 Å². The van der Waals surface area contributed by atoms with E-state index in [1.54, 1.807) is 0 Å². The molecule has 0 radical (unpaired) electrons. The molecule has 3 rings (SSSR count). The van der Waals surface area contributed by atoms with E-state index in [1.807, 2.05) is 10.8 Å². The molecule has 104 valence electrons. The molecule has 3 aromatic rings. The molecule has 20 heavy (non-hydrogen) atoms. The first kappa shape index (κ1) is 13.9. The summed E-state index contributed by atoms with van der Waals surface area (Å²) < 4.78 is 5.10. The number of thiophene rings is 1. The van der Waals surface area contributed by atoms with E-state index in [9.17, 15) is 4.79 Å². The zero-order valence-electron chi connectivity index (χ0n) is 11.2. The number of nitrogens with zero attached hydrogens (tertiary/aromatic N) is 2. The van der Waals surface area contributed by atoms with Crippen LogP contribution in [0, 0.1) is 0 Å². The summed E-state index contributed by atoms with van der Waals surface area (Å²) in [5.74, 6) is 0.512. The Hall–Kier alpha value is -1.05. The highest BCUT2D eigenvalue weighted by Crippen LogP contribution is 2.33. The molecule has 7 heteroatoms. The molecule has 1 N–H and O–H groups in total. The molecule has 4 nitrogen and oxygen atoms in total. The normalized spacial score (nSPS) is 12.2. The minimum Gasteiger partial charge on any atom is -0.305 e. The van der Waals surface area contributed by atoms with Crippen molar-refractivity contribution in [3.8, 4) is 11.5 Å². The van der Waals surface area contributed by atoms with E-state index in [0.29, 0.717) is 16.9 Å². The summed E-state index contributed by atoms with van der Waals surface area (Å²) >= 11 is 6.25. The van der Waals surface area contributed by atoms with E-state index in [-0.39, 0.29) is 11.0 Å². The standard InChI is InChI=1S/C13H12BrN3OS2/c1-13(2,3)6-4-19-12-8(6)11(18)15-10(16-12)9-7(14)5-20-17-9/h4-5H,1-3H3,(H,15,16,18). The number of halogens is 1. The van der Waals surface area contributed by atoms with Crippen molar-refractivity contribution < 1.29 is 0 Å². The monoisotopic (exact) mass is 369 g/mol. The minimum atomic E-state index is -0.101. The highest BCUT2D eigenvalue weighted by atomic mass is 79.9. The van der Waals surface area contributed by atoms with E-state index in [1.165, 1.54) is 22.9 Å². The third kappa shape index (κ3) is 2.23. The molecular weight excluding hydrogens is 358 g/mol. The van der Waals surface area contributed by atoms with Crippen LogP contribution in [-0.2, 0) is 5.41 Å². The number of rotatable bonds is 1. The van der Waals surface area contributed by atoms with Gasteiger partial charge in [-0.1, -0.05) is 20.8 Å². The summed E-state index contributed by atoms with van der Waals surface area (Å²) in [6.07, 6.45) is 0. The molecule has 0 saturated carbocycles. The Balaban J connectivity index is 2.28. The Morgan fingerprint density at radius 2 is 2.05 bits per heavy atom. The van der Waals surface area contributed by atoms with E-state index < -0.39 is 0 Å². The number of hydrogen-bond donors (Lipinski definition) is 1. The van der Waals surface area contributed by atoms with E-state index in [0.717, 1.165) is 14.9 Å². The number of aromatic nitrogens is 3. The topological polar surface area (TPSA) is 58.6 Å². The molecule has 0 amide bonds. The van der Waals surface area contributed by atoms with Gasteiger partial charge in [0, 0.05) is 5.38 Å². The largest absolute Gasteiger partial charge is 0.305 e. The quantitative estimate of drug-likeness (QED) is 0.700. The van der Waals surface area contributed by atoms with Gasteiger partial charge < -0.3 is 4.98 Å². The number of hydrogen-bond acceptors (Lipinski definition) is 5. The second kappa shape index (κ2) is 4.75. The third-order valence-corrected chi connectivity index (χ3v) is 5.41. The molecule has 0 unspecified atom stereocenters. The predicted octanol–water partition coefficient (Wildman–Crippen LogP) is 4.17. The van der Waals surface area contributed by atoms with Crippen LogP contribution in [0.25, 0.3) is 21.7 Å². The van der Waals surface area contributed by atoms with Gasteiger partial charge in [0.15, 0.2) is 5.82 Å².